The predicted octanol–water partition coefficient (Wildman–Crippen LogP) is 17.9. The molecule has 0 fully saturated rings. The molecule has 2 N–H and O–H groups in total. The lowest BCUT2D eigenvalue weighted by molar-refractivity contribution is -0.161. The van der Waals surface area contributed by atoms with E-state index in [-0.39, 0.29) is 19.3 Å². The second kappa shape index (κ2) is 58.5. The lowest BCUT2D eigenvalue weighted by atomic mass is 10.1. The van der Waals surface area contributed by atoms with Crippen molar-refractivity contribution < 1.29 is 52.2 Å². The Hall–Kier alpha value is -4.64. The van der Waals surface area contributed by atoms with Crippen molar-refractivity contribution in [2.24, 2.45) is 0 Å². The molecule has 3 unspecified atom stereocenters. The van der Waals surface area contributed by atoms with Gasteiger partial charge in [-0.15, -0.1) is 0 Å². The number of rotatable bonds is 53. The maximum Gasteiger partial charge on any atom is 0.472 e. The number of allylic oxidation sites excluding steroid dienone is 24. The molecule has 0 amide bonds. The molecule has 440 valence electrons. The van der Waals surface area contributed by atoms with Crippen LogP contribution in [-0.2, 0) is 42.2 Å². The number of phosphoric ester groups is 1. The monoisotopic (exact) mass is 1100 g/mol. The largest absolute Gasteiger partial charge is 0.472 e. The molecule has 0 aromatic heterocycles. The minimum atomic E-state index is -4.79. The Balaban J connectivity index is 4.83. The van der Waals surface area contributed by atoms with E-state index in [1.807, 2.05) is 12.2 Å². The van der Waals surface area contributed by atoms with Crippen molar-refractivity contribution in [3.05, 3.63) is 146 Å². The molecular weight excluding hydrogens is 1000 g/mol. The van der Waals surface area contributed by atoms with Crippen LogP contribution in [0.5, 0.6) is 0 Å². The summed E-state index contributed by atoms with van der Waals surface area (Å²) < 4.78 is 39.4. The normalized spacial score (nSPS) is 14.4. The summed E-state index contributed by atoms with van der Waals surface area (Å²) in [5, 5.41) is 9.83. The molecule has 0 heterocycles. The Morgan fingerprint density at radius 2 is 0.692 bits per heavy atom. The highest BCUT2D eigenvalue weighted by molar-refractivity contribution is 7.47. The Labute approximate surface area is 473 Å². The van der Waals surface area contributed by atoms with E-state index in [1.165, 1.54) is 25.7 Å². The molecule has 0 radical (unpaired) electrons. The number of ether oxygens (including phenoxy) is 3. The molecule has 0 saturated carbocycles. The number of hydrogen-bond donors (Lipinski definition) is 2. The van der Waals surface area contributed by atoms with E-state index in [1.54, 1.807) is 0 Å². The van der Waals surface area contributed by atoms with E-state index in [0.717, 1.165) is 128 Å². The third-order valence-corrected chi connectivity index (χ3v) is 12.7. The fourth-order valence-corrected chi connectivity index (χ4v) is 8.07. The van der Waals surface area contributed by atoms with Crippen molar-refractivity contribution in [2.75, 3.05) is 26.4 Å². The van der Waals surface area contributed by atoms with Crippen LogP contribution in [0.1, 0.15) is 213 Å². The summed E-state index contributed by atoms with van der Waals surface area (Å²) >= 11 is 0. The minimum Gasteiger partial charge on any atom is -0.462 e. The summed E-state index contributed by atoms with van der Waals surface area (Å²) in [7, 11) is -4.79. The van der Waals surface area contributed by atoms with Crippen LogP contribution in [0.2, 0.25) is 0 Å². The second-order valence-electron chi connectivity index (χ2n) is 19.0. The number of carbonyl (C=O) groups excluding carboxylic acids is 3. The number of hydrogen-bond acceptors (Lipinski definition) is 10. The quantitative estimate of drug-likeness (QED) is 0.0197. The van der Waals surface area contributed by atoms with Gasteiger partial charge in [0, 0.05) is 19.3 Å². The minimum absolute atomic E-state index is 0.0886. The van der Waals surface area contributed by atoms with Gasteiger partial charge in [-0.05, 0) is 128 Å². The summed E-state index contributed by atoms with van der Waals surface area (Å²) in [5.41, 5.74) is 0. The Bertz CT molecular complexity index is 1860. The van der Waals surface area contributed by atoms with Crippen LogP contribution in [-0.4, -0.2) is 66.5 Å². The van der Waals surface area contributed by atoms with Crippen LogP contribution in [0, 0.1) is 0 Å². The average molecular weight is 1110 g/mol. The fourth-order valence-electron chi connectivity index (χ4n) is 7.28. The summed E-state index contributed by atoms with van der Waals surface area (Å²) in [5.74, 6) is -1.63. The summed E-state index contributed by atoms with van der Waals surface area (Å²) in [6, 6.07) is 0. The first-order chi connectivity index (χ1) is 38.2. The first-order valence-corrected chi connectivity index (χ1v) is 31.2. The molecule has 12 heteroatoms. The van der Waals surface area contributed by atoms with E-state index in [9.17, 15) is 28.9 Å². The van der Waals surface area contributed by atoms with E-state index < -0.39 is 64.4 Å². The number of unbranched alkanes of at least 4 members (excludes halogenated alkanes) is 12. The number of esters is 3. The van der Waals surface area contributed by atoms with Crippen LogP contribution in [0.15, 0.2) is 146 Å². The van der Waals surface area contributed by atoms with Crippen LogP contribution in [0.4, 0.5) is 0 Å². The van der Waals surface area contributed by atoms with E-state index in [4.69, 9.17) is 23.3 Å². The van der Waals surface area contributed by atoms with Gasteiger partial charge in [-0.1, -0.05) is 212 Å². The third kappa shape index (κ3) is 56.1. The zero-order valence-corrected chi connectivity index (χ0v) is 49.5. The zero-order valence-electron chi connectivity index (χ0n) is 48.6. The Morgan fingerprint density at radius 3 is 1.09 bits per heavy atom. The standard InChI is InChI=1S/C66H105O11P/c1-4-7-10-13-16-19-22-25-27-29-31-33-35-38-41-44-47-50-53-56-65(69)76-62(58-67)60-74-78(71,72)75-61-63(59-73-64(68)55-52-49-46-43-40-37-24-21-18-15-12-9-6-3)77-66(70)57-54-51-48-45-42-39-36-34-32-30-28-26-23-20-17-14-11-8-5-2/h8-9,11-12,16-21,25-28,31-34,37,39-40,42,46,49,62-63,67H,4-7,10,13-15,22-24,29-30,35-36,38,41,43-45,47-48,50-61H2,1-3H3,(H,71,72)/b11-8-,12-9-,19-16-,20-17-,21-18-,27-25-,28-26-,33-31-,34-32-,40-37-,42-39-,49-46-. The molecule has 0 spiro atoms. The summed E-state index contributed by atoms with van der Waals surface area (Å²) in [6.07, 6.45) is 75.3. The summed E-state index contributed by atoms with van der Waals surface area (Å²) in [6.45, 7) is 4.23. The van der Waals surface area contributed by atoms with Crippen molar-refractivity contribution in [1.29, 1.82) is 0 Å². The fraction of sp³-hybridized carbons (Fsp3) is 0.591. The van der Waals surface area contributed by atoms with Gasteiger partial charge in [-0.3, -0.25) is 23.4 Å². The van der Waals surface area contributed by atoms with Gasteiger partial charge in [-0.25, -0.2) is 4.57 Å². The molecule has 0 saturated heterocycles. The van der Waals surface area contributed by atoms with Crippen LogP contribution in [0.3, 0.4) is 0 Å². The van der Waals surface area contributed by atoms with Gasteiger partial charge in [0.15, 0.2) is 6.10 Å². The highest BCUT2D eigenvalue weighted by Crippen LogP contribution is 2.43. The molecule has 11 nitrogen and oxygen atoms in total. The Kier molecular flexibility index (Phi) is 55.0. The molecule has 0 aliphatic rings. The van der Waals surface area contributed by atoms with Gasteiger partial charge in [0.25, 0.3) is 0 Å². The summed E-state index contributed by atoms with van der Waals surface area (Å²) in [4.78, 5) is 48.6. The highest BCUT2D eigenvalue weighted by Gasteiger charge is 2.28. The zero-order chi connectivity index (χ0) is 56.9. The van der Waals surface area contributed by atoms with E-state index >= 15 is 0 Å². The first kappa shape index (κ1) is 73.4. The topological polar surface area (TPSA) is 155 Å². The van der Waals surface area contributed by atoms with Gasteiger partial charge in [0.2, 0.25) is 0 Å². The molecule has 0 rings (SSSR count). The van der Waals surface area contributed by atoms with E-state index in [0.29, 0.717) is 19.3 Å². The van der Waals surface area contributed by atoms with Crippen molar-refractivity contribution >= 4 is 25.7 Å². The maximum atomic E-state index is 12.9. The molecule has 3 atom stereocenters. The molecule has 0 aliphatic heterocycles. The van der Waals surface area contributed by atoms with Gasteiger partial charge >= 0.3 is 25.7 Å². The van der Waals surface area contributed by atoms with Gasteiger partial charge in [0.05, 0.1) is 19.8 Å². The van der Waals surface area contributed by atoms with Gasteiger partial charge in [-0.2, -0.15) is 0 Å². The van der Waals surface area contributed by atoms with Crippen molar-refractivity contribution in [3.8, 4) is 0 Å². The number of aliphatic hydroxyl groups is 1. The van der Waals surface area contributed by atoms with E-state index in [2.05, 4.69) is 154 Å². The van der Waals surface area contributed by atoms with Crippen LogP contribution < -0.4 is 0 Å². The molecular formula is C66H105O11P. The third-order valence-electron chi connectivity index (χ3n) is 11.7. The van der Waals surface area contributed by atoms with Crippen molar-refractivity contribution in [3.63, 3.8) is 0 Å². The van der Waals surface area contributed by atoms with Gasteiger partial charge < -0.3 is 24.2 Å². The number of aliphatic hydroxyl groups excluding tert-OH is 1. The van der Waals surface area contributed by atoms with Crippen molar-refractivity contribution in [2.45, 2.75) is 226 Å². The number of phosphoric acid groups is 1. The molecule has 0 aliphatic carbocycles. The molecule has 0 aromatic carbocycles. The molecule has 0 aromatic rings. The van der Waals surface area contributed by atoms with Crippen LogP contribution in [0.25, 0.3) is 0 Å². The first-order valence-electron chi connectivity index (χ1n) is 29.7. The predicted molar refractivity (Wildman–Crippen MR) is 325 cm³/mol. The SMILES string of the molecule is CC/C=C\C/C=C\C/C=C\C/C=C\C/C=C\CCCCCC(=O)OC(COC(=O)CC/C=C\C/C=C\C/C=C\C/C=C\CC)COP(=O)(O)OCC(CO)OC(=O)CCCCCCCC/C=C\C/C=C\C/C=C\CCCCC. The smallest absolute Gasteiger partial charge is 0.462 e. The molecule has 0 bridgehead atoms. The van der Waals surface area contributed by atoms with Gasteiger partial charge in [0.1, 0.15) is 12.7 Å². The lowest BCUT2D eigenvalue weighted by Gasteiger charge is -2.21. The van der Waals surface area contributed by atoms with Crippen LogP contribution >= 0.6 is 7.82 Å². The second-order valence-corrected chi connectivity index (χ2v) is 20.5. The number of carbonyl (C=O) groups is 3. The van der Waals surface area contributed by atoms with Crippen molar-refractivity contribution in [1.82, 2.24) is 0 Å². The Morgan fingerprint density at radius 1 is 0.372 bits per heavy atom. The highest BCUT2D eigenvalue weighted by atomic mass is 31.2. The lowest BCUT2D eigenvalue weighted by Crippen LogP contribution is -2.30. The maximum absolute atomic E-state index is 12.9. The average Bonchev–Trinajstić information content (AvgIpc) is 3.43. The molecule has 78 heavy (non-hydrogen) atoms.